The molecule has 0 N–H and O–H groups in total. The fourth-order valence-corrected chi connectivity index (χ4v) is 7.24. The van der Waals surface area contributed by atoms with Gasteiger partial charge < -0.3 is 13.7 Å². The third kappa shape index (κ3) is 3.53. The summed E-state index contributed by atoms with van der Waals surface area (Å²) in [7, 11) is 0. The normalized spacial score (nSPS) is 14.2. The topological polar surface area (TPSA) is 29.5 Å². The highest BCUT2D eigenvalue weighted by atomic mass is 16.3. The summed E-state index contributed by atoms with van der Waals surface area (Å²) >= 11 is 0. The molecule has 1 fully saturated rings. The lowest BCUT2D eigenvalue weighted by Gasteiger charge is -2.25. The molecule has 0 atom stereocenters. The molecule has 1 saturated carbocycles. The molecule has 2 aromatic heterocycles. The predicted octanol–water partition coefficient (Wildman–Crippen LogP) is 11.8. The maximum absolute atomic E-state index is 6.87. The van der Waals surface area contributed by atoms with E-state index in [1.54, 1.807) is 0 Å². The van der Waals surface area contributed by atoms with Crippen LogP contribution in [0.25, 0.3) is 54.6 Å². The average Bonchev–Trinajstić information content (AvgIpc) is 3.79. The van der Waals surface area contributed by atoms with Gasteiger partial charge in [0.15, 0.2) is 5.58 Å². The Balaban J connectivity index is 1.28. The quantitative estimate of drug-likeness (QED) is 0.221. The molecule has 6 aromatic carbocycles. The van der Waals surface area contributed by atoms with Crippen molar-refractivity contribution < 1.29 is 8.83 Å². The van der Waals surface area contributed by atoms with Crippen LogP contribution in [0.1, 0.15) is 37.2 Å². The fourth-order valence-electron chi connectivity index (χ4n) is 7.24. The second-order valence-corrected chi connectivity index (χ2v) is 11.6. The Morgan fingerprint density at radius 2 is 1.29 bits per heavy atom. The average molecular weight is 544 g/mol. The van der Waals surface area contributed by atoms with Gasteiger partial charge in [0, 0.05) is 33.3 Å². The minimum atomic E-state index is 0.578. The second-order valence-electron chi connectivity index (χ2n) is 11.6. The third-order valence-electron chi connectivity index (χ3n) is 9.19. The van der Waals surface area contributed by atoms with Crippen molar-refractivity contribution in [1.82, 2.24) is 0 Å². The smallest absolute Gasteiger partial charge is 0.159 e. The van der Waals surface area contributed by atoms with Gasteiger partial charge in [-0.05, 0) is 71.5 Å². The molecule has 3 heteroatoms. The summed E-state index contributed by atoms with van der Waals surface area (Å²) in [6.07, 6.45) is 5.08. The molecule has 0 aliphatic heterocycles. The number of rotatable bonds is 4. The minimum absolute atomic E-state index is 0.578. The molecule has 1 aliphatic carbocycles. The second kappa shape index (κ2) is 9.25. The third-order valence-corrected chi connectivity index (χ3v) is 9.19. The van der Waals surface area contributed by atoms with Crippen LogP contribution in [-0.4, -0.2) is 0 Å². The number of benzene rings is 6. The van der Waals surface area contributed by atoms with E-state index in [1.165, 1.54) is 52.8 Å². The van der Waals surface area contributed by atoms with E-state index in [0.717, 1.165) is 50.2 Å². The molecule has 2 heterocycles. The molecule has 3 nitrogen and oxygen atoms in total. The monoisotopic (exact) mass is 543 g/mol. The number of hydrogen-bond acceptors (Lipinski definition) is 3. The van der Waals surface area contributed by atoms with Crippen LogP contribution in [0.4, 0.5) is 17.1 Å². The summed E-state index contributed by atoms with van der Waals surface area (Å²) in [4.78, 5) is 2.30. The molecule has 9 rings (SSSR count). The fraction of sp³-hybridized carbons (Fsp3) is 0.128. The van der Waals surface area contributed by atoms with Gasteiger partial charge in [-0.2, -0.15) is 0 Å². The Kier molecular flexibility index (Phi) is 5.21. The van der Waals surface area contributed by atoms with Gasteiger partial charge in [0.05, 0.1) is 11.4 Å². The molecule has 0 saturated heterocycles. The number of fused-ring (bicyclic) bond motifs is 8. The number of furan rings is 2. The lowest BCUT2D eigenvalue weighted by atomic mass is 9.95. The van der Waals surface area contributed by atoms with Gasteiger partial charge in [-0.15, -0.1) is 0 Å². The Morgan fingerprint density at radius 3 is 2.17 bits per heavy atom. The van der Waals surface area contributed by atoms with Gasteiger partial charge in [0.2, 0.25) is 0 Å². The van der Waals surface area contributed by atoms with E-state index in [9.17, 15) is 0 Å². The summed E-state index contributed by atoms with van der Waals surface area (Å²) in [5.74, 6) is 0.578. The molecule has 0 radical (unpaired) electrons. The van der Waals surface area contributed by atoms with Crippen molar-refractivity contribution in [1.29, 1.82) is 0 Å². The Morgan fingerprint density at radius 1 is 0.524 bits per heavy atom. The van der Waals surface area contributed by atoms with Crippen LogP contribution >= 0.6 is 0 Å². The lowest BCUT2D eigenvalue weighted by Crippen LogP contribution is -2.09. The van der Waals surface area contributed by atoms with Gasteiger partial charge in [-0.25, -0.2) is 0 Å². The summed E-state index contributed by atoms with van der Waals surface area (Å²) in [6, 6.07) is 43.1. The summed E-state index contributed by atoms with van der Waals surface area (Å²) < 4.78 is 13.4. The van der Waals surface area contributed by atoms with Crippen molar-refractivity contribution in [3.8, 4) is 0 Å². The largest absolute Gasteiger partial charge is 0.456 e. The van der Waals surface area contributed by atoms with E-state index in [4.69, 9.17) is 8.83 Å². The Labute approximate surface area is 243 Å². The molecule has 0 bridgehead atoms. The van der Waals surface area contributed by atoms with Gasteiger partial charge >= 0.3 is 0 Å². The molecule has 8 aromatic rings. The van der Waals surface area contributed by atoms with Crippen LogP contribution in [0.5, 0.6) is 0 Å². The first-order chi connectivity index (χ1) is 20.8. The van der Waals surface area contributed by atoms with Gasteiger partial charge in [-0.1, -0.05) is 91.7 Å². The molecule has 0 spiro atoms. The zero-order valence-corrected chi connectivity index (χ0v) is 23.2. The molecular weight excluding hydrogens is 514 g/mol. The number of nitrogens with zero attached hydrogens (tertiary/aromatic N) is 1. The Bertz CT molecular complexity index is 2270. The SMILES string of the molecule is c1ccc(N(c2ccc3c(c2)oc2ccc4ccccc4c23)c2cccc3c2oc2c(C4CCCC4)cccc23)cc1. The van der Waals surface area contributed by atoms with Crippen LogP contribution < -0.4 is 4.90 Å². The van der Waals surface area contributed by atoms with Crippen LogP contribution in [0.3, 0.4) is 0 Å². The van der Waals surface area contributed by atoms with Crippen LogP contribution in [-0.2, 0) is 0 Å². The van der Waals surface area contributed by atoms with Crippen LogP contribution in [0.2, 0.25) is 0 Å². The minimum Gasteiger partial charge on any atom is -0.456 e. The van der Waals surface area contributed by atoms with Crippen molar-refractivity contribution in [2.45, 2.75) is 31.6 Å². The van der Waals surface area contributed by atoms with Gasteiger partial charge in [0.25, 0.3) is 0 Å². The summed E-state index contributed by atoms with van der Waals surface area (Å²) in [5, 5.41) is 7.08. The van der Waals surface area contributed by atoms with E-state index < -0.39 is 0 Å². The molecule has 202 valence electrons. The summed E-state index contributed by atoms with van der Waals surface area (Å²) in [5.41, 5.74) is 8.22. The highest BCUT2D eigenvalue weighted by Gasteiger charge is 2.24. The molecule has 42 heavy (non-hydrogen) atoms. The molecule has 0 unspecified atom stereocenters. The highest BCUT2D eigenvalue weighted by molar-refractivity contribution is 6.19. The highest BCUT2D eigenvalue weighted by Crippen LogP contribution is 2.46. The van der Waals surface area contributed by atoms with E-state index >= 15 is 0 Å². The van der Waals surface area contributed by atoms with Crippen molar-refractivity contribution in [2.75, 3.05) is 4.90 Å². The van der Waals surface area contributed by atoms with E-state index in [-0.39, 0.29) is 0 Å². The number of hydrogen-bond donors (Lipinski definition) is 0. The zero-order chi connectivity index (χ0) is 27.6. The first kappa shape index (κ1) is 23.7. The van der Waals surface area contributed by atoms with E-state index in [1.807, 2.05) is 0 Å². The van der Waals surface area contributed by atoms with Gasteiger partial charge in [0.1, 0.15) is 16.7 Å². The standard InChI is InChI=1S/C39H29NO2/c1-2-13-27(14-3-1)40(28-21-22-33-36(24-28)41-35-23-20-26-12-6-7-15-29(26)37(33)35)34-19-9-18-32-31-17-8-16-30(25-10-4-5-11-25)38(31)42-39(32)34/h1-3,6-9,12-25H,4-5,10-11H2. The molecule has 1 aliphatic rings. The van der Waals surface area contributed by atoms with Crippen molar-refractivity contribution in [3.05, 3.63) is 127 Å². The lowest BCUT2D eigenvalue weighted by molar-refractivity contribution is 0.643. The maximum atomic E-state index is 6.87. The van der Waals surface area contributed by atoms with E-state index in [2.05, 4.69) is 126 Å². The van der Waals surface area contributed by atoms with Crippen molar-refractivity contribution >= 4 is 71.7 Å². The van der Waals surface area contributed by atoms with Crippen molar-refractivity contribution in [2.24, 2.45) is 0 Å². The summed E-state index contributed by atoms with van der Waals surface area (Å²) in [6.45, 7) is 0. The molecule has 0 amide bonds. The first-order valence-corrected chi connectivity index (χ1v) is 15.0. The maximum Gasteiger partial charge on any atom is 0.159 e. The van der Waals surface area contributed by atoms with Crippen LogP contribution in [0.15, 0.2) is 130 Å². The number of para-hydroxylation sites is 3. The Hall–Kier alpha value is -5.02. The van der Waals surface area contributed by atoms with Crippen LogP contribution in [0, 0.1) is 0 Å². The molecular formula is C39H29NO2. The first-order valence-electron chi connectivity index (χ1n) is 15.0. The predicted molar refractivity (Wildman–Crippen MR) is 174 cm³/mol. The van der Waals surface area contributed by atoms with Crippen molar-refractivity contribution in [3.63, 3.8) is 0 Å². The number of anilines is 3. The van der Waals surface area contributed by atoms with Gasteiger partial charge in [-0.3, -0.25) is 0 Å². The van der Waals surface area contributed by atoms with E-state index in [0.29, 0.717) is 5.92 Å². The zero-order valence-electron chi connectivity index (χ0n) is 23.2.